The van der Waals surface area contributed by atoms with Crippen LogP contribution in [0.5, 0.6) is 0 Å². The molecule has 0 amide bonds. The zero-order chi connectivity index (χ0) is 16.2. The predicted octanol–water partition coefficient (Wildman–Crippen LogP) is 2.25. The molecule has 1 aliphatic heterocycles. The summed E-state index contributed by atoms with van der Waals surface area (Å²) in [6.07, 6.45) is 4.43. The van der Waals surface area contributed by atoms with Gasteiger partial charge in [-0.1, -0.05) is 25.0 Å². The molecule has 0 aliphatic carbocycles. The molecule has 2 heterocycles. The number of aliphatic carboxylic acids is 1. The van der Waals surface area contributed by atoms with Gasteiger partial charge in [-0.05, 0) is 25.0 Å². The maximum Gasteiger partial charge on any atom is 0.305 e. The fourth-order valence-electron chi connectivity index (χ4n) is 3.08. The van der Waals surface area contributed by atoms with E-state index in [0.29, 0.717) is 16.9 Å². The number of aromatic nitrogens is 2. The van der Waals surface area contributed by atoms with Gasteiger partial charge in [-0.25, -0.2) is 4.98 Å². The minimum atomic E-state index is -0.910. The first-order chi connectivity index (χ1) is 11.2. The van der Waals surface area contributed by atoms with Crippen LogP contribution in [-0.4, -0.2) is 33.7 Å². The van der Waals surface area contributed by atoms with E-state index in [1.54, 1.807) is 12.1 Å². The highest BCUT2D eigenvalue weighted by Crippen LogP contribution is 2.19. The summed E-state index contributed by atoms with van der Waals surface area (Å²) in [5.41, 5.74) is 0.513. The van der Waals surface area contributed by atoms with E-state index in [1.807, 2.05) is 12.1 Å². The summed E-state index contributed by atoms with van der Waals surface area (Å²) in [6.45, 7) is 1.87. The van der Waals surface area contributed by atoms with Crippen LogP contribution in [0, 0.1) is 0 Å². The summed E-state index contributed by atoms with van der Waals surface area (Å²) in [6, 6.07) is 7.24. The standard InChI is InChI=1S/C17H21N3O3/c21-15(22)9-12-20-16(23)13-7-3-4-8-14(13)18-17(20)19-10-5-1-2-6-11-19/h3-4,7-8H,1-2,5-6,9-12H2,(H,21,22). The van der Waals surface area contributed by atoms with E-state index >= 15 is 0 Å². The minimum Gasteiger partial charge on any atom is -0.481 e. The van der Waals surface area contributed by atoms with Crippen molar-refractivity contribution in [3.8, 4) is 0 Å². The van der Waals surface area contributed by atoms with Crippen LogP contribution in [-0.2, 0) is 11.3 Å². The molecular formula is C17H21N3O3. The zero-order valence-corrected chi connectivity index (χ0v) is 13.1. The number of rotatable bonds is 4. The molecule has 0 bridgehead atoms. The van der Waals surface area contributed by atoms with Gasteiger partial charge < -0.3 is 10.0 Å². The lowest BCUT2D eigenvalue weighted by molar-refractivity contribution is -0.137. The average molecular weight is 315 g/mol. The second-order valence-corrected chi connectivity index (χ2v) is 5.93. The maximum absolute atomic E-state index is 12.8. The fraction of sp³-hybridized carbons (Fsp3) is 0.471. The Morgan fingerprint density at radius 3 is 2.52 bits per heavy atom. The Morgan fingerprint density at radius 2 is 1.83 bits per heavy atom. The topological polar surface area (TPSA) is 75.4 Å². The third kappa shape index (κ3) is 3.36. The Kier molecular flexibility index (Phi) is 4.60. The summed E-state index contributed by atoms with van der Waals surface area (Å²) in [5.74, 6) is -0.302. The van der Waals surface area contributed by atoms with Gasteiger partial charge in [0.05, 0.1) is 17.3 Å². The van der Waals surface area contributed by atoms with Gasteiger partial charge in [-0.3, -0.25) is 14.2 Å². The molecule has 3 rings (SSSR count). The molecule has 6 heteroatoms. The number of carboxylic acids is 1. The third-order valence-electron chi connectivity index (χ3n) is 4.28. The van der Waals surface area contributed by atoms with E-state index in [-0.39, 0.29) is 18.5 Å². The number of para-hydroxylation sites is 1. The molecule has 0 unspecified atom stereocenters. The number of nitrogens with zero attached hydrogens (tertiary/aromatic N) is 3. The molecule has 1 N–H and O–H groups in total. The molecule has 0 spiro atoms. The Bertz CT molecular complexity index is 761. The first kappa shape index (κ1) is 15.5. The maximum atomic E-state index is 12.8. The summed E-state index contributed by atoms with van der Waals surface area (Å²) in [5, 5.41) is 9.51. The van der Waals surface area contributed by atoms with Crippen LogP contribution in [0.2, 0.25) is 0 Å². The van der Waals surface area contributed by atoms with E-state index in [0.717, 1.165) is 25.9 Å². The smallest absolute Gasteiger partial charge is 0.305 e. The van der Waals surface area contributed by atoms with Crippen LogP contribution in [0.1, 0.15) is 32.1 Å². The van der Waals surface area contributed by atoms with Crippen molar-refractivity contribution in [2.45, 2.75) is 38.6 Å². The molecule has 122 valence electrons. The summed E-state index contributed by atoms with van der Waals surface area (Å²) < 4.78 is 1.53. The van der Waals surface area contributed by atoms with E-state index in [4.69, 9.17) is 5.11 Å². The second-order valence-electron chi connectivity index (χ2n) is 5.93. The first-order valence-electron chi connectivity index (χ1n) is 8.13. The minimum absolute atomic E-state index is 0.0826. The molecule has 0 atom stereocenters. The number of hydrogen-bond acceptors (Lipinski definition) is 4. The lowest BCUT2D eigenvalue weighted by Crippen LogP contribution is -2.34. The van der Waals surface area contributed by atoms with Crippen LogP contribution in [0.15, 0.2) is 29.1 Å². The average Bonchev–Trinajstić information content (AvgIpc) is 2.83. The lowest BCUT2D eigenvalue weighted by atomic mass is 10.2. The number of carbonyl (C=O) groups is 1. The van der Waals surface area contributed by atoms with Crippen molar-refractivity contribution in [1.29, 1.82) is 0 Å². The van der Waals surface area contributed by atoms with Gasteiger partial charge >= 0.3 is 5.97 Å². The number of carboxylic acid groups (broad SMARTS) is 1. The quantitative estimate of drug-likeness (QED) is 0.936. The largest absolute Gasteiger partial charge is 0.481 e. The SMILES string of the molecule is O=C(O)CCn1c(N2CCCCCC2)nc2ccccc2c1=O. The van der Waals surface area contributed by atoms with Gasteiger partial charge in [0.2, 0.25) is 5.95 Å². The number of fused-ring (bicyclic) bond motifs is 1. The van der Waals surface area contributed by atoms with Crippen molar-refractivity contribution in [3.05, 3.63) is 34.6 Å². The van der Waals surface area contributed by atoms with E-state index < -0.39 is 5.97 Å². The molecule has 23 heavy (non-hydrogen) atoms. The van der Waals surface area contributed by atoms with Gasteiger partial charge in [0.25, 0.3) is 5.56 Å². The first-order valence-corrected chi connectivity index (χ1v) is 8.13. The van der Waals surface area contributed by atoms with Crippen molar-refractivity contribution >= 4 is 22.8 Å². The molecular weight excluding hydrogens is 294 g/mol. The highest BCUT2D eigenvalue weighted by Gasteiger charge is 2.18. The molecule has 1 fully saturated rings. The van der Waals surface area contributed by atoms with Crippen LogP contribution >= 0.6 is 0 Å². The van der Waals surface area contributed by atoms with Gasteiger partial charge in [0.1, 0.15) is 0 Å². The fourth-order valence-corrected chi connectivity index (χ4v) is 3.08. The summed E-state index contributed by atoms with van der Waals surface area (Å²) in [4.78, 5) is 30.5. The molecule has 1 aromatic carbocycles. The molecule has 0 saturated carbocycles. The van der Waals surface area contributed by atoms with Crippen molar-refractivity contribution < 1.29 is 9.90 Å². The van der Waals surface area contributed by atoms with Gasteiger partial charge in [0.15, 0.2) is 0 Å². The summed E-state index contributed by atoms with van der Waals surface area (Å²) in [7, 11) is 0. The highest BCUT2D eigenvalue weighted by molar-refractivity contribution is 5.78. The van der Waals surface area contributed by atoms with Crippen molar-refractivity contribution in [2.24, 2.45) is 0 Å². The Morgan fingerprint density at radius 1 is 1.13 bits per heavy atom. The number of hydrogen-bond donors (Lipinski definition) is 1. The van der Waals surface area contributed by atoms with Crippen molar-refractivity contribution in [2.75, 3.05) is 18.0 Å². The zero-order valence-electron chi connectivity index (χ0n) is 13.1. The number of benzene rings is 1. The second kappa shape index (κ2) is 6.81. The Balaban J connectivity index is 2.10. The Labute approximate surface area is 134 Å². The molecule has 6 nitrogen and oxygen atoms in total. The lowest BCUT2D eigenvalue weighted by Gasteiger charge is -2.25. The van der Waals surface area contributed by atoms with Crippen LogP contribution in [0.25, 0.3) is 10.9 Å². The normalized spacial score (nSPS) is 15.6. The van der Waals surface area contributed by atoms with Crippen LogP contribution in [0.4, 0.5) is 5.95 Å². The Hall–Kier alpha value is -2.37. The van der Waals surface area contributed by atoms with Crippen molar-refractivity contribution in [1.82, 2.24) is 9.55 Å². The van der Waals surface area contributed by atoms with Gasteiger partial charge in [-0.15, -0.1) is 0 Å². The van der Waals surface area contributed by atoms with Crippen LogP contribution < -0.4 is 10.5 Å². The highest BCUT2D eigenvalue weighted by atomic mass is 16.4. The molecule has 1 aromatic heterocycles. The van der Waals surface area contributed by atoms with Crippen molar-refractivity contribution in [3.63, 3.8) is 0 Å². The van der Waals surface area contributed by atoms with E-state index in [2.05, 4.69) is 9.88 Å². The van der Waals surface area contributed by atoms with Gasteiger partial charge in [0, 0.05) is 19.6 Å². The van der Waals surface area contributed by atoms with E-state index in [1.165, 1.54) is 17.4 Å². The predicted molar refractivity (Wildman–Crippen MR) is 88.9 cm³/mol. The third-order valence-corrected chi connectivity index (χ3v) is 4.28. The number of anilines is 1. The molecule has 1 saturated heterocycles. The molecule has 1 aliphatic rings. The molecule has 2 aromatic rings. The molecule has 0 radical (unpaired) electrons. The monoisotopic (exact) mass is 315 g/mol. The van der Waals surface area contributed by atoms with E-state index in [9.17, 15) is 9.59 Å². The van der Waals surface area contributed by atoms with Crippen LogP contribution in [0.3, 0.4) is 0 Å². The van der Waals surface area contributed by atoms with Gasteiger partial charge in [-0.2, -0.15) is 0 Å². The summed E-state index contributed by atoms with van der Waals surface area (Å²) >= 11 is 0.